The van der Waals surface area contributed by atoms with E-state index in [-0.39, 0.29) is 24.0 Å². The van der Waals surface area contributed by atoms with Crippen LogP contribution in [-0.4, -0.2) is 35.5 Å². The number of H-pyrrole nitrogens is 1. The predicted molar refractivity (Wildman–Crippen MR) is 99.3 cm³/mol. The van der Waals surface area contributed by atoms with Gasteiger partial charge in [-0.2, -0.15) is 0 Å². The Labute approximate surface area is 142 Å². The number of para-hydroxylation sites is 1. The third-order valence-electron chi connectivity index (χ3n) is 4.01. The molecule has 1 saturated carbocycles. The first-order valence-electron chi connectivity index (χ1n) is 7.33. The fourth-order valence-corrected chi connectivity index (χ4v) is 2.56. The molecule has 0 aliphatic heterocycles. The molecular formula is C16H23IN4. The minimum absolute atomic E-state index is 0. The predicted octanol–water partition coefficient (Wildman–Crippen LogP) is 3.13. The maximum absolute atomic E-state index is 5.98. The lowest BCUT2D eigenvalue weighted by Gasteiger charge is -2.16. The highest BCUT2D eigenvalue weighted by atomic mass is 127. The van der Waals surface area contributed by atoms with Crippen LogP contribution in [0.5, 0.6) is 0 Å². The van der Waals surface area contributed by atoms with E-state index < -0.39 is 0 Å². The molecule has 0 bridgehead atoms. The molecule has 0 radical (unpaired) electrons. The van der Waals surface area contributed by atoms with Crippen LogP contribution in [0.1, 0.15) is 24.8 Å². The molecule has 3 rings (SSSR count). The number of nitrogens with two attached hydrogens (primary N) is 1. The number of hydrogen-bond acceptors (Lipinski definition) is 1. The van der Waals surface area contributed by atoms with Crippen molar-refractivity contribution in [3.05, 3.63) is 36.0 Å². The van der Waals surface area contributed by atoms with E-state index in [0.717, 1.165) is 19.4 Å². The number of nitrogens with zero attached hydrogens (tertiary/aromatic N) is 2. The third kappa shape index (κ3) is 3.90. The van der Waals surface area contributed by atoms with Gasteiger partial charge in [0.1, 0.15) is 0 Å². The van der Waals surface area contributed by atoms with Crippen LogP contribution in [0.25, 0.3) is 10.9 Å². The first-order chi connectivity index (χ1) is 9.75. The summed E-state index contributed by atoms with van der Waals surface area (Å²) >= 11 is 0. The quantitative estimate of drug-likeness (QED) is 0.352. The van der Waals surface area contributed by atoms with Gasteiger partial charge in [-0.3, -0.25) is 4.99 Å². The van der Waals surface area contributed by atoms with Crippen molar-refractivity contribution < 1.29 is 0 Å². The molecule has 0 atom stereocenters. The van der Waals surface area contributed by atoms with Gasteiger partial charge in [-0.1, -0.05) is 18.2 Å². The molecular weight excluding hydrogens is 375 g/mol. The highest BCUT2D eigenvalue weighted by Crippen LogP contribution is 2.24. The van der Waals surface area contributed by atoms with Crippen LogP contribution in [0, 0.1) is 0 Å². The average molecular weight is 398 g/mol. The Balaban J connectivity index is 0.00000161. The lowest BCUT2D eigenvalue weighted by Crippen LogP contribution is -2.35. The van der Waals surface area contributed by atoms with E-state index in [9.17, 15) is 0 Å². The first-order valence-corrected chi connectivity index (χ1v) is 7.33. The Morgan fingerprint density at radius 1 is 1.38 bits per heavy atom. The Bertz CT molecular complexity index is 616. The summed E-state index contributed by atoms with van der Waals surface area (Å²) in [5.74, 6) is 0.687. The van der Waals surface area contributed by atoms with E-state index in [2.05, 4.69) is 45.3 Å². The summed E-state index contributed by atoms with van der Waals surface area (Å²) in [7, 11) is 2.04. The fourth-order valence-electron chi connectivity index (χ4n) is 2.56. The van der Waals surface area contributed by atoms with Crippen LogP contribution in [0.2, 0.25) is 0 Å². The molecule has 0 saturated heterocycles. The van der Waals surface area contributed by atoms with Crippen molar-refractivity contribution in [1.29, 1.82) is 0 Å². The number of aromatic nitrogens is 1. The van der Waals surface area contributed by atoms with Gasteiger partial charge in [-0.25, -0.2) is 0 Å². The van der Waals surface area contributed by atoms with Crippen LogP contribution in [0.3, 0.4) is 0 Å². The molecule has 1 fully saturated rings. The second-order valence-electron chi connectivity index (χ2n) is 5.55. The van der Waals surface area contributed by atoms with Gasteiger partial charge in [-0.15, -0.1) is 24.0 Å². The normalized spacial score (nSPS) is 15.0. The number of benzene rings is 1. The largest absolute Gasteiger partial charge is 0.370 e. The highest BCUT2D eigenvalue weighted by molar-refractivity contribution is 14.0. The zero-order valence-corrected chi connectivity index (χ0v) is 14.7. The van der Waals surface area contributed by atoms with Gasteiger partial charge >= 0.3 is 0 Å². The molecule has 21 heavy (non-hydrogen) atoms. The Morgan fingerprint density at radius 2 is 2.14 bits per heavy atom. The summed E-state index contributed by atoms with van der Waals surface area (Å²) < 4.78 is 0. The molecule has 114 valence electrons. The smallest absolute Gasteiger partial charge is 0.191 e. The van der Waals surface area contributed by atoms with Gasteiger partial charge < -0.3 is 15.6 Å². The number of aromatic amines is 1. The number of fused-ring (bicyclic) bond motifs is 1. The molecule has 1 heterocycles. The minimum Gasteiger partial charge on any atom is -0.370 e. The lowest BCUT2D eigenvalue weighted by atomic mass is 10.1. The topological polar surface area (TPSA) is 57.4 Å². The summed E-state index contributed by atoms with van der Waals surface area (Å²) in [6.45, 7) is 0.794. The van der Waals surface area contributed by atoms with Gasteiger partial charge in [-0.05, 0) is 37.3 Å². The van der Waals surface area contributed by atoms with Crippen molar-refractivity contribution in [2.24, 2.45) is 10.7 Å². The summed E-state index contributed by atoms with van der Waals surface area (Å²) in [4.78, 5) is 9.89. The van der Waals surface area contributed by atoms with Crippen LogP contribution >= 0.6 is 24.0 Å². The SMILES string of the molecule is CN(C(N)=NCCCc1c[nH]c2ccccc12)C1CC1.I. The molecule has 0 amide bonds. The van der Waals surface area contributed by atoms with Crippen LogP contribution in [-0.2, 0) is 6.42 Å². The average Bonchev–Trinajstić information content (AvgIpc) is 3.24. The van der Waals surface area contributed by atoms with E-state index in [1.807, 2.05) is 7.05 Å². The maximum Gasteiger partial charge on any atom is 0.191 e. The molecule has 2 aromatic rings. The van der Waals surface area contributed by atoms with E-state index in [1.54, 1.807) is 0 Å². The minimum atomic E-state index is 0. The standard InChI is InChI=1S/C16H22N4.HI/c1-20(13-8-9-13)16(17)18-10-4-5-12-11-19-15-7-3-2-6-14(12)15;/h2-3,6-7,11,13,19H,4-5,8-10H2,1H3,(H2,17,18);1H. The number of nitrogens with one attached hydrogen (secondary N) is 1. The number of halogens is 1. The lowest BCUT2D eigenvalue weighted by molar-refractivity contribution is 0.487. The van der Waals surface area contributed by atoms with Crippen LogP contribution in [0.15, 0.2) is 35.5 Å². The van der Waals surface area contributed by atoms with Crippen LogP contribution < -0.4 is 5.73 Å². The zero-order chi connectivity index (χ0) is 13.9. The van der Waals surface area contributed by atoms with Gasteiger partial charge in [0, 0.05) is 36.7 Å². The van der Waals surface area contributed by atoms with Gasteiger partial charge in [0.05, 0.1) is 0 Å². The number of aliphatic imine (C=N–C) groups is 1. The van der Waals surface area contributed by atoms with E-state index in [0.29, 0.717) is 12.0 Å². The van der Waals surface area contributed by atoms with Gasteiger partial charge in [0.15, 0.2) is 5.96 Å². The Kier molecular flexibility index (Phi) is 5.50. The molecule has 1 aromatic carbocycles. The first kappa shape index (κ1) is 16.1. The van der Waals surface area contributed by atoms with Crippen molar-refractivity contribution in [3.63, 3.8) is 0 Å². The molecule has 1 aliphatic carbocycles. The Hall–Kier alpha value is -1.24. The zero-order valence-electron chi connectivity index (χ0n) is 12.4. The van der Waals surface area contributed by atoms with Crippen molar-refractivity contribution in [1.82, 2.24) is 9.88 Å². The summed E-state index contributed by atoms with van der Waals surface area (Å²) in [6.07, 6.45) is 6.67. The second-order valence-corrected chi connectivity index (χ2v) is 5.55. The molecule has 3 N–H and O–H groups in total. The molecule has 1 aromatic heterocycles. The number of hydrogen-bond donors (Lipinski definition) is 2. The van der Waals surface area contributed by atoms with E-state index >= 15 is 0 Å². The molecule has 0 spiro atoms. The highest BCUT2D eigenvalue weighted by Gasteiger charge is 2.27. The van der Waals surface area contributed by atoms with Crippen molar-refractivity contribution in [3.8, 4) is 0 Å². The molecule has 1 aliphatic rings. The van der Waals surface area contributed by atoms with E-state index in [4.69, 9.17) is 5.73 Å². The van der Waals surface area contributed by atoms with Gasteiger partial charge in [0.25, 0.3) is 0 Å². The Morgan fingerprint density at radius 3 is 2.90 bits per heavy atom. The monoisotopic (exact) mass is 398 g/mol. The summed E-state index contributed by atoms with van der Waals surface area (Å²) in [6, 6.07) is 9.05. The second kappa shape index (κ2) is 7.15. The summed E-state index contributed by atoms with van der Waals surface area (Å²) in [5, 5.41) is 1.32. The van der Waals surface area contributed by atoms with Crippen molar-refractivity contribution >= 4 is 40.8 Å². The van der Waals surface area contributed by atoms with E-state index in [1.165, 1.54) is 29.3 Å². The number of guanidine groups is 1. The third-order valence-corrected chi connectivity index (χ3v) is 4.01. The maximum atomic E-state index is 5.98. The van der Waals surface area contributed by atoms with Gasteiger partial charge in [0.2, 0.25) is 0 Å². The summed E-state index contributed by atoms with van der Waals surface area (Å²) in [5.41, 5.74) is 8.55. The number of rotatable bonds is 5. The molecule has 5 heteroatoms. The van der Waals surface area contributed by atoms with Crippen LogP contribution in [0.4, 0.5) is 0 Å². The molecule has 4 nitrogen and oxygen atoms in total. The van der Waals surface area contributed by atoms with Crippen molar-refractivity contribution in [2.45, 2.75) is 31.7 Å². The fraction of sp³-hybridized carbons (Fsp3) is 0.438. The van der Waals surface area contributed by atoms with Crippen molar-refractivity contribution in [2.75, 3.05) is 13.6 Å². The molecule has 0 unspecified atom stereocenters. The number of aryl methyl sites for hydroxylation is 1.